The van der Waals surface area contributed by atoms with Gasteiger partial charge in [-0.15, -0.1) is 0 Å². The second-order valence-electron chi connectivity index (χ2n) is 7.45. The first kappa shape index (κ1) is 21.1. The summed E-state index contributed by atoms with van der Waals surface area (Å²) in [5.74, 6) is 1.32. The smallest absolute Gasteiger partial charge is 0.277 e. The van der Waals surface area contributed by atoms with E-state index in [9.17, 15) is 9.59 Å². The molecule has 1 heterocycles. The molecule has 1 aromatic heterocycles. The van der Waals surface area contributed by atoms with Gasteiger partial charge < -0.3 is 10.1 Å². The molecule has 3 rings (SSSR count). The maximum atomic E-state index is 13.4. The van der Waals surface area contributed by atoms with Crippen molar-refractivity contribution in [2.75, 3.05) is 12.4 Å². The summed E-state index contributed by atoms with van der Waals surface area (Å²) >= 11 is 0. The van der Waals surface area contributed by atoms with Gasteiger partial charge in [0.05, 0.1) is 18.4 Å². The number of benzene rings is 1. The van der Waals surface area contributed by atoms with Gasteiger partial charge in [0.1, 0.15) is 17.3 Å². The number of hydrogen-bond acceptors (Lipinski definition) is 5. The third-order valence-corrected chi connectivity index (χ3v) is 5.82. The summed E-state index contributed by atoms with van der Waals surface area (Å²) < 4.78 is 7.29. The minimum atomic E-state index is -0.0557. The molecule has 0 atom stereocenters. The van der Waals surface area contributed by atoms with Crippen LogP contribution in [-0.2, 0) is 19.4 Å². The molecule has 0 radical (unpaired) electrons. The van der Waals surface area contributed by atoms with Crippen LogP contribution in [-0.4, -0.2) is 28.5 Å². The number of carbonyl (C=O) groups is 1. The standard InChI is InChI=1S/C23H31N3O3/c1-6-15(7-2)24-21-18(8-3)25-22(26(9-4)23(21)28)17-12-14-10-11-19(27)16(14)13-20(17)29-5/h12-13,15,24H,6-11H2,1-5H3. The van der Waals surface area contributed by atoms with Crippen LogP contribution in [0.2, 0.25) is 0 Å². The quantitative estimate of drug-likeness (QED) is 0.722. The van der Waals surface area contributed by atoms with Crippen molar-refractivity contribution >= 4 is 11.5 Å². The maximum absolute atomic E-state index is 13.4. The van der Waals surface area contributed by atoms with E-state index in [-0.39, 0.29) is 17.4 Å². The van der Waals surface area contributed by atoms with Crippen LogP contribution < -0.4 is 15.6 Å². The van der Waals surface area contributed by atoms with E-state index in [1.807, 2.05) is 19.9 Å². The molecule has 156 valence electrons. The van der Waals surface area contributed by atoms with Crippen molar-refractivity contribution in [3.05, 3.63) is 39.3 Å². The van der Waals surface area contributed by atoms with Crippen LogP contribution in [0, 0.1) is 0 Å². The molecule has 0 saturated carbocycles. The van der Waals surface area contributed by atoms with Crippen molar-refractivity contribution < 1.29 is 9.53 Å². The molecule has 0 unspecified atom stereocenters. The van der Waals surface area contributed by atoms with Gasteiger partial charge in [-0.05, 0) is 50.3 Å². The summed E-state index contributed by atoms with van der Waals surface area (Å²) in [6, 6.07) is 4.01. The van der Waals surface area contributed by atoms with Gasteiger partial charge in [0.2, 0.25) is 0 Å². The summed E-state index contributed by atoms with van der Waals surface area (Å²) in [4.78, 5) is 30.4. The molecular formula is C23H31N3O3. The fraction of sp³-hybridized carbons (Fsp3) is 0.522. The van der Waals surface area contributed by atoms with Gasteiger partial charge in [-0.3, -0.25) is 14.2 Å². The van der Waals surface area contributed by atoms with E-state index in [0.717, 1.165) is 41.6 Å². The summed E-state index contributed by atoms with van der Waals surface area (Å²) in [5.41, 5.74) is 3.80. The molecule has 1 N–H and O–H groups in total. The molecule has 0 aliphatic heterocycles. The lowest BCUT2D eigenvalue weighted by atomic mass is 10.0. The van der Waals surface area contributed by atoms with Gasteiger partial charge in [-0.2, -0.15) is 0 Å². The van der Waals surface area contributed by atoms with Gasteiger partial charge in [0.15, 0.2) is 5.78 Å². The molecule has 0 saturated heterocycles. The van der Waals surface area contributed by atoms with Crippen molar-refractivity contribution in [1.82, 2.24) is 9.55 Å². The van der Waals surface area contributed by atoms with E-state index in [2.05, 4.69) is 19.2 Å². The lowest BCUT2D eigenvalue weighted by Gasteiger charge is -2.21. The average molecular weight is 398 g/mol. The lowest BCUT2D eigenvalue weighted by molar-refractivity contribution is 0.0994. The average Bonchev–Trinajstić information content (AvgIpc) is 3.11. The fourth-order valence-electron chi connectivity index (χ4n) is 4.01. The van der Waals surface area contributed by atoms with Crippen LogP contribution in [0.5, 0.6) is 5.75 Å². The highest BCUT2D eigenvalue weighted by Crippen LogP contribution is 2.35. The van der Waals surface area contributed by atoms with Crippen LogP contribution >= 0.6 is 0 Å². The largest absolute Gasteiger partial charge is 0.496 e. The van der Waals surface area contributed by atoms with Crippen molar-refractivity contribution in [1.29, 1.82) is 0 Å². The predicted octanol–water partition coefficient (Wildman–Crippen LogP) is 4.23. The third kappa shape index (κ3) is 3.80. The minimum Gasteiger partial charge on any atom is -0.496 e. The predicted molar refractivity (Wildman–Crippen MR) is 116 cm³/mol. The molecule has 6 heteroatoms. The Balaban J connectivity index is 2.22. The molecular weight excluding hydrogens is 366 g/mol. The molecule has 1 aromatic carbocycles. The van der Waals surface area contributed by atoms with Crippen LogP contribution in [0.1, 0.15) is 68.6 Å². The van der Waals surface area contributed by atoms with E-state index in [1.165, 1.54) is 0 Å². The highest BCUT2D eigenvalue weighted by atomic mass is 16.5. The summed E-state index contributed by atoms with van der Waals surface area (Å²) in [7, 11) is 1.59. The maximum Gasteiger partial charge on any atom is 0.277 e. The van der Waals surface area contributed by atoms with Gasteiger partial charge in [0.25, 0.3) is 5.56 Å². The Morgan fingerprint density at radius 1 is 1.10 bits per heavy atom. The van der Waals surface area contributed by atoms with E-state index in [4.69, 9.17) is 9.72 Å². The highest BCUT2D eigenvalue weighted by Gasteiger charge is 2.25. The number of Topliss-reactive ketones (excluding diaryl/α,β-unsaturated/α-hetero) is 1. The van der Waals surface area contributed by atoms with Gasteiger partial charge in [-0.1, -0.05) is 20.8 Å². The van der Waals surface area contributed by atoms with Crippen LogP contribution in [0.15, 0.2) is 16.9 Å². The van der Waals surface area contributed by atoms with Crippen molar-refractivity contribution in [3.8, 4) is 17.1 Å². The number of anilines is 1. The van der Waals surface area contributed by atoms with Crippen molar-refractivity contribution in [2.24, 2.45) is 0 Å². The Labute approximate surface area is 172 Å². The third-order valence-electron chi connectivity index (χ3n) is 5.82. The second-order valence-corrected chi connectivity index (χ2v) is 7.45. The monoisotopic (exact) mass is 397 g/mol. The Morgan fingerprint density at radius 2 is 1.83 bits per heavy atom. The number of aryl methyl sites for hydroxylation is 2. The number of ketones is 1. The number of nitrogens with one attached hydrogen (secondary N) is 1. The highest BCUT2D eigenvalue weighted by molar-refractivity contribution is 6.01. The van der Waals surface area contributed by atoms with E-state index >= 15 is 0 Å². The normalized spacial score (nSPS) is 13.1. The Bertz CT molecular complexity index is 974. The molecule has 0 fully saturated rings. The van der Waals surface area contributed by atoms with E-state index < -0.39 is 0 Å². The zero-order valence-electron chi connectivity index (χ0n) is 18.1. The molecule has 29 heavy (non-hydrogen) atoms. The summed E-state index contributed by atoms with van der Waals surface area (Å²) in [6.07, 6.45) is 3.78. The Kier molecular flexibility index (Phi) is 6.40. The van der Waals surface area contributed by atoms with Gasteiger partial charge in [0, 0.05) is 24.6 Å². The molecule has 0 bridgehead atoms. The lowest BCUT2D eigenvalue weighted by Crippen LogP contribution is -2.31. The molecule has 0 spiro atoms. The first-order valence-corrected chi connectivity index (χ1v) is 10.6. The number of aromatic nitrogens is 2. The summed E-state index contributed by atoms with van der Waals surface area (Å²) in [6.45, 7) is 8.69. The van der Waals surface area contributed by atoms with Crippen LogP contribution in [0.25, 0.3) is 11.4 Å². The Hall–Kier alpha value is -2.63. The first-order chi connectivity index (χ1) is 14.0. The topological polar surface area (TPSA) is 73.2 Å². The Morgan fingerprint density at radius 3 is 2.41 bits per heavy atom. The molecule has 0 amide bonds. The zero-order chi connectivity index (χ0) is 21.1. The zero-order valence-corrected chi connectivity index (χ0v) is 18.1. The molecule has 6 nitrogen and oxygen atoms in total. The van der Waals surface area contributed by atoms with E-state index in [1.54, 1.807) is 17.7 Å². The number of rotatable bonds is 8. The number of methoxy groups -OCH3 is 1. The first-order valence-electron chi connectivity index (χ1n) is 10.6. The number of ether oxygens (including phenoxy) is 1. The SMILES string of the molecule is CCc1nc(-c2cc3c(cc2OC)C(=O)CC3)n(CC)c(=O)c1NC(CC)CC. The van der Waals surface area contributed by atoms with E-state index in [0.29, 0.717) is 36.6 Å². The number of nitrogens with zero attached hydrogens (tertiary/aromatic N) is 2. The van der Waals surface area contributed by atoms with Crippen LogP contribution in [0.4, 0.5) is 5.69 Å². The molecule has 1 aliphatic carbocycles. The second kappa shape index (κ2) is 8.80. The van der Waals surface area contributed by atoms with Crippen LogP contribution in [0.3, 0.4) is 0 Å². The molecule has 1 aliphatic rings. The fourth-order valence-corrected chi connectivity index (χ4v) is 4.01. The number of fused-ring (bicyclic) bond motifs is 1. The minimum absolute atomic E-state index is 0.0557. The van der Waals surface area contributed by atoms with Gasteiger partial charge >= 0.3 is 0 Å². The number of hydrogen-bond donors (Lipinski definition) is 1. The van der Waals surface area contributed by atoms with Crippen molar-refractivity contribution in [2.45, 2.75) is 72.4 Å². The van der Waals surface area contributed by atoms with Crippen molar-refractivity contribution in [3.63, 3.8) is 0 Å². The number of carbonyl (C=O) groups excluding carboxylic acids is 1. The summed E-state index contributed by atoms with van der Waals surface area (Å²) in [5, 5.41) is 3.42. The molecule has 2 aromatic rings. The van der Waals surface area contributed by atoms with Gasteiger partial charge in [-0.25, -0.2) is 4.98 Å².